The van der Waals surface area contributed by atoms with Crippen LogP contribution in [0.3, 0.4) is 0 Å². The minimum Gasteiger partial charge on any atom is -0.473 e. The number of carbonyl (C=O) groups is 4. The largest absolute Gasteiger partial charge is 0.473 e. The van der Waals surface area contributed by atoms with Gasteiger partial charge in [0.15, 0.2) is 0 Å². The number of rotatable bonds is 6. The second kappa shape index (κ2) is 13.6. The number of benzene rings is 1. The quantitative estimate of drug-likeness (QED) is 0.400. The van der Waals surface area contributed by atoms with Gasteiger partial charge in [0.2, 0.25) is 5.91 Å². The number of thiophene rings is 1. The summed E-state index contributed by atoms with van der Waals surface area (Å²) in [4.78, 5) is 49.1. The fourth-order valence-electron chi connectivity index (χ4n) is 3.61. The van der Waals surface area contributed by atoms with Crippen LogP contribution in [0.5, 0.6) is 0 Å². The van der Waals surface area contributed by atoms with Gasteiger partial charge in [0.05, 0.1) is 13.2 Å². The maximum Gasteiger partial charge on any atom is 0.414 e. The van der Waals surface area contributed by atoms with Crippen molar-refractivity contribution < 1.29 is 34.1 Å². The zero-order valence-electron chi connectivity index (χ0n) is 20.1. The summed E-state index contributed by atoms with van der Waals surface area (Å²) in [6.07, 6.45) is 1.05. The number of carboxylic acid groups (broad SMARTS) is 2. The first-order valence-corrected chi connectivity index (χ1v) is 12.0. The van der Waals surface area contributed by atoms with E-state index >= 15 is 0 Å². The number of likely N-dealkylation sites (N-methyl/N-ethyl adjacent to an activating group) is 1. The Morgan fingerprint density at radius 2 is 1.69 bits per heavy atom. The predicted molar refractivity (Wildman–Crippen MR) is 133 cm³/mol. The Hall–Kier alpha value is -3.28. The number of esters is 1. The molecule has 1 aromatic heterocycles. The van der Waals surface area contributed by atoms with Crippen molar-refractivity contribution in [3.05, 3.63) is 40.8 Å². The van der Waals surface area contributed by atoms with E-state index in [9.17, 15) is 9.59 Å². The maximum absolute atomic E-state index is 12.8. The van der Waals surface area contributed by atoms with Crippen LogP contribution in [0.2, 0.25) is 0 Å². The summed E-state index contributed by atoms with van der Waals surface area (Å²) in [7, 11) is 2.11. The molecule has 35 heavy (non-hydrogen) atoms. The lowest BCUT2D eigenvalue weighted by Crippen LogP contribution is -2.36. The number of aryl methyl sites for hydroxylation is 1. The monoisotopic (exact) mass is 505 g/mol. The van der Waals surface area contributed by atoms with Gasteiger partial charge in [-0.2, -0.15) is 0 Å². The lowest BCUT2D eigenvalue weighted by atomic mass is 10.0. The van der Waals surface area contributed by atoms with Gasteiger partial charge in [-0.1, -0.05) is 30.3 Å². The predicted octanol–water partition coefficient (Wildman–Crippen LogP) is 2.63. The third-order valence-electron chi connectivity index (χ3n) is 5.24. The molecule has 3 N–H and O–H groups in total. The molecule has 190 valence electrons. The first-order chi connectivity index (χ1) is 16.6. The van der Waals surface area contributed by atoms with Crippen molar-refractivity contribution in [3.8, 4) is 11.1 Å². The molecule has 1 aromatic carbocycles. The van der Waals surface area contributed by atoms with Crippen LogP contribution in [0.15, 0.2) is 30.3 Å². The van der Waals surface area contributed by atoms with Crippen molar-refractivity contribution in [1.29, 1.82) is 0 Å². The van der Waals surface area contributed by atoms with E-state index in [0.29, 0.717) is 17.1 Å². The number of hydrogen-bond acceptors (Lipinski definition) is 8. The first kappa shape index (κ1) is 28.0. The number of carbonyl (C=O) groups excluding carboxylic acids is 2. The van der Waals surface area contributed by atoms with E-state index in [1.54, 1.807) is 6.92 Å². The molecule has 0 aliphatic carbocycles. The molecule has 0 unspecified atom stereocenters. The van der Waals surface area contributed by atoms with Gasteiger partial charge >= 0.3 is 17.9 Å². The summed E-state index contributed by atoms with van der Waals surface area (Å²) >= 11 is 1.43. The smallest absolute Gasteiger partial charge is 0.414 e. The summed E-state index contributed by atoms with van der Waals surface area (Å²) in [6.45, 7) is 8.15. The molecule has 0 atom stereocenters. The Balaban J connectivity index is 0.000000641. The molecular weight excluding hydrogens is 474 g/mol. The standard InChI is InChI=1S/C22H29N3O3S.C2H2O4/c1-4-28-22(27)20-19(17-9-6-5-7-10-17)16(2)29-21(20)23-18(26)15-25-12-8-11-24(3)13-14-25;3-1(4)2(5)6/h5-7,9-10H,4,8,11-15H2,1-3H3,(H,23,26);(H,3,4)(H,5,6). The number of nitrogens with zero attached hydrogens (tertiary/aromatic N) is 2. The number of anilines is 1. The molecule has 11 heteroatoms. The fourth-order valence-corrected chi connectivity index (χ4v) is 4.69. The van der Waals surface area contributed by atoms with Crippen LogP contribution in [0.1, 0.15) is 28.6 Å². The summed E-state index contributed by atoms with van der Waals surface area (Å²) in [5.41, 5.74) is 2.23. The SMILES string of the molecule is CCOC(=O)c1c(NC(=O)CN2CCCN(C)CC2)sc(C)c1-c1ccccc1.O=C(O)C(=O)O. The molecule has 0 saturated carbocycles. The summed E-state index contributed by atoms with van der Waals surface area (Å²) in [5.74, 6) is -4.15. The van der Waals surface area contributed by atoms with Crippen LogP contribution in [0.25, 0.3) is 11.1 Å². The number of hydrogen-bond donors (Lipinski definition) is 3. The summed E-state index contributed by atoms with van der Waals surface area (Å²) in [6, 6.07) is 9.76. The number of amides is 1. The Labute approximate surface area is 208 Å². The fraction of sp³-hybridized carbons (Fsp3) is 0.417. The third-order valence-corrected chi connectivity index (χ3v) is 6.26. The van der Waals surface area contributed by atoms with E-state index in [1.807, 2.05) is 37.3 Å². The molecular formula is C24H31N3O7S. The Bertz CT molecular complexity index is 1030. The van der Waals surface area contributed by atoms with Crippen molar-refractivity contribution in [2.45, 2.75) is 20.3 Å². The second-order valence-electron chi connectivity index (χ2n) is 7.92. The van der Waals surface area contributed by atoms with Crippen molar-refractivity contribution in [1.82, 2.24) is 9.80 Å². The average molecular weight is 506 g/mol. The number of ether oxygens (including phenoxy) is 1. The third kappa shape index (κ3) is 8.46. The lowest BCUT2D eigenvalue weighted by Gasteiger charge is -2.19. The van der Waals surface area contributed by atoms with Gasteiger partial charge in [0.25, 0.3) is 0 Å². The summed E-state index contributed by atoms with van der Waals surface area (Å²) in [5, 5.41) is 18.3. The van der Waals surface area contributed by atoms with Gasteiger partial charge in [-0.15, -0.1) is 11.3 Å². The van der Waals surface area contributed by atoms with Crippen molar-refractivity contribution in [3.63, 3.8) is 0 Å². The molecule has 2 heterocycles. The van der Waals surface area contributed by atoms with Gasteiger partial charge in [-0.05, 0) is 46.0 Å². The molecule has 1 amide bonds. The highest BCUT2D eigenvalue weighted by Crippen LogP contribution is 2.40. The molecule has 1 aliphatic heterocycles. The van der Waals surface area contributed by atoms with Gasteiger partial charge in [0.1, 0.15) is 10.6 Å². The second-order valence-corrected chi connectivity index (χ2v) is 9.14. The highest BCUT2D eigenvalue weighted by atomic mass is 32.1. The minimum atomic E-state index is -1.82. The minimum absolute atomic E-state index is 0.0963. The van der Waals surface area contributed by atoms with E-state index in [2.05, 4.69) is 22.2 Å². The number of aliphatic carboxylic acids is 2. The molecule has 1 aliphatic rings. The van der Waals surface area contributed by atoms with Crippen LogP contribution in [-0.4, -0.2) is 90.2 Å². The van der Waals surface area contributed by atoms with Crippen LogP contribution < -0.4 is 5.32 Å². The highest BCUT2D eigenvalue weighted by Gasteiger charge is 2.26. The molecule has 2 aromatic rings. The Morgan fingerprint density at radius 3 is 2.29 bits per heavy atom. The molecule has 3 rings (SSSR count). The van der Waals surface area contributed by atoms with E-state index in [1.165, 1.54) is 11.3 Å². The molecule has 0 spiro atoms. The molecule has 10 nitrogen and oxygen atoms in total. The normalized spacial score (nSPS) is 14.3. The van der Waals surface area contributed by atoms with Crippen LogP contribution in [0.4, 0.5) is 5.00 Å². The number of carboxylic acids is 2. The van der Waals surface area contributed by atoms with Gasteiger partial charge in [0, 0.05) is 23.5 Å². The average Bonchev–Trinajstić information content (AvgIpc) is 2.99. The van der Waals surface area contributed by atoms with Crippen molar-refractivity contribution in [2.24, 2.45) is 0 Å². The van der Waals surface area contributed by atoms with Crippen molar-refractivity contribution in [2.75, 3.05) is 51.7 Å². The number of nitrogens with one attached hydrogen (secondary N) is 1. The zero-order chi connectivity index (χ0) is 26.0. The highest BCUT2D eigenvalue weighted by molar-refractivity contribution is 7.17. The molecule has 1 fully saturated rings. The van der Waals surface area contributed by atoms with Crippen LogP contribution in [-0.2, 0) is 19.1 Å². The topological polar surface area (TPSA) is 136 Å². The van der Waals surface area contributed by atoms with Crippen molar-refractivity contribution >= 4 is 40.2 Å². The zero-order valence-corrected chi connectivity index (χ0v) is 20.9. The molecule has 1 saturated heterocycles. The Morgan fingerprint density at radius 1 is 1.03 bits per heavy atom. The lowest BCUT2D eigenvalue weighted by molar-refractivity contribution is -0.159. The van der Waals surface area contributed by atoms with Gasteiger partial charge in [-0.3, -0.25) is 9.69 Å². The van der Waals surface area contributed by atoms with Crippen LogP contribution >= 0.6 is 11.3 Å². The maximum atomic E-state index is 12.8. The van der Waals surface area contributed by atoms with E-state index in [0.717, 1.165) is 48.6 Å². The van der Waals surface area contributed by atoms with Gasteiger partial charge in [-0.25, -0.2) is 14.4 Å². The van der Waals surface area contributed by atoms with E-state index in [-0.39, 0.29) is 12.5 Å². The van der Waals surface area contributed by atoms with Gasteiger partial charge < -0.3 is 25.2 Å². The Kier molecular flexibility index (Phi) is 10.8. The van der Waals surface area contributed by atoms with E-state index in [4.69, 9.17) is 24.5 Å². The molecule has 0 radical (unpaired) electrons. The summed E-state index contributed by atoms with van der Waals surface area (Å²) < 4.78 is 5.30. The van der Waals surface area contributed by atoms with Crippen LogP contribution in [0, 0.1) is 6.92 Å². The molecule has 0 bridgehead atoms. The van der Waals surface area contributed by atoms with E-state index < -0.39 is 17.9 Å². The first-order valence-electron chi connectivity index (χ1n) is 11.2.